The molecule has 5 heteroatoms. The maximum Gasteiger partial charge on any atom is 0.244 e. The van der Waals surface area contributed by atoms with E-state index in [1.54, 1.807) is 11.3 Å². The van der Waals surface area contributed by atoms with Crippen molar-refractivity contribution in [2.24, 2.45) is 0 Å². The van der Waals surface area contributed by atoms with Gasteiger partial charge < -0.3 is 5.32 Å². The Kier molecular flexibility index (Phi) is 3.44. The number of hydrogen-bond acceptors (Lipinski definition) is 4. The van der Waals surface area contributed by atoms with Crippen molar-refractivity contribution in [1.29, 1.82) is 0 Å². The van der Waals surface area contributed by atoms with E-state index in [9.17, 15) is 10.1 Å². The van der Waals surface area contributed by atoms with Crippen LogP contribution >= 0.6 is 11.3 Å². The van der Waals surface area contributed by atoms with E-state index in [2.05, 4.69) is 5.32 Å². The van der Waals surface area contributed by atoms with Crippen molar-refractivity contribution in [3.63, 3.8) is 0 Å². The molecular weight excluding hydrogens is 272 g/mol. The third-order valence-electron chi connectivity index (χ3n) is 3.96. The van der Waals surface area contributed by atoms with Crippen LogP contribution in [-0.4, -0.2) is 11.0 Å². The number of anilines is 1. The first-order valence-corrected chi connectivity index (χ1v) is 7.62. The number of para-hydroxylation sites is 1. The van der Waals surface area contributed by atoms with Gasteiger partial charge in [-0.15, -0.1) is 11.3 Å². The van der Waals surface area contributed by atoms with E-state index in [1.807, 2.05) is 48.7 Å². The third-order valence-corrected chi connectivity index (χ3v) is 4.91. The van der Waals surface area contributed by atoms with Crippen LogP contribution in [0.4, 0.5) is 5.69 Å². The van der Waals surface area contributed by atoms with E-state index in [1.165, 1.54) is 0 Å². The van der Waals surface area contributed by atoms with Crippen LogP contribution in [-0.2, 0) is 0 Å². The van der Waals surface area contributed by atoms with Gasteiger partial charge in [0.15, 0.2) is 0 Å². The first-order valence-electron chi connectivity index (χ1n) is 6.74. The summed E-state index contributed by atoms with van der Waals surface area (Å²) in [5.41, 5.74) is 2.08. The van der Waals surface area contributed by atoms with E-state index in [4.69, 9.17) is 0 Å². The number of hydrogen-bond donors (Lipinski definition) is 1. The van der Waals surface area contributed by atoms with E-state index < -0.39 is 6.04 Å². The second-order valence-electron chi connectivity index (χ2n) is 5.02. The van der Waals surface area contributed by atoms with Crippen LogP contribution in [0.5, 0.6) is 0 Å². The van der Waals surface area contributed by atoms with Gasteiger partial charge in [-0.05, 0) is 29.5 Å². The molecule has 0 bridgehead atoms. The number of nitro groups is 1. The van der Waals surface area contributed by atoms with Crippen LogP contribution in [0.1, 0.15) is 35.7 Å². The molecule has 3 atom stereocenters. The standard InChI is InChI=1S/C15H16N2O2S/c1-2-10-11-6-3-4-7-12(11)16-14(15(10)17(18)19)13-8-5-9-20-13/h3-10,14-16H,2H2,1H3/t10-,14-,15-/m1/s1. The van der Waals surface area contributed by atoms with Crippen molar-refractivity contribution in [1.82, 2.24) is 0 Å². The predicted octanol–water partition coefficient (Wildman–Crippen LogP) is 4.05. The fourth-order valence-electron chi connectivity index (χ4n) is 3.06. The zero-order valence-corrected chi connectivity index (χ0v) is 12.0. The minimum absolute atomic E-state index is 0.0467. The smallest absolute Gasteiger partial charge is 0.244 e. The van der Waals surface area contributed by atoms with Gasteiger partial charge in [-0.3, -0.25) is 10.1 Å². The highest BCUT2D eigenvalue weighted by Gasteiger charge is 2.44. The highest BCUT2D eigenvalue weighted by Crippen LogP contribution is 2.44. The average Bonchev–Trinajstić information content (AvgIpc) is 2.99. The molecule has 2 heterocycles. The minimum Gasteiger partial charge on any atom is -0.371 e. The van der Waals surface area contributed by atoms with Gasteiger partial charge in [0.2, 0.25) is 6.04 Å². The Hall–Kier alpha value is -1.88. The molecular formula is C15H16N2O2S. The molecule has 1 aromatic carbocycles. The van der Waals surface area contributed by atoms with Gasteiger partial charge in [0.05, 0.1) is 5.92 Å². The van der Waals surface area contributed by atoms with Crippen molar-refractivity contribution in [3.8, 4) is 0 Å². The summed E-state index contributed by atoms with van der Waals surface area (Å²) in [5, 5.41) is 16.9. The summed E-state index contributed by atoms with van der Waals surface area (Å²) in [6.45, 7) is 2.02. The lowest BCUT2D eigenvalue weighted by Gasteiger charge is -2.34. The number of thiophene rings is 1. The number of rotatable bonds is 3. The normalized spacial score (nSPS) is 24.8. The molecule has 1 N–H and O–H groups in total. The maximum atomic E-state index is 11.6. The molecule has 2 aromatic rings. The Morgan fingerprint density at radius 3 is 2.75 bits per heavy atom. The molecule has 0 saturated heterocycles. The Morgan fingerprint density at radius 1 is 1.30 bits per heavy atom. The van der Waals surface area contributed by atoms with Gasteiger partial charge >= 0.3 is 0 Å². The molecule has 3 rings (SSSR count). The lowest BCUT2D eigenvalue weighted by atomic mass is 9.80. The Bertz CT molecular complexity index is 612. The second kappa shape index (κ2) is 5.25. The van der Waals surface area contributed by atoms with E-state index in [-0.39, 0.29) is 16.9 Å². The van der Waals surface area contributed by atoms with Gasteiger partial charge in [-0.25, -0.2) is 0 Å². The molecule has 0 spiro atoms. The Labute approximate surface area is 121 Å². The van der Waals surface area contributed by atoms with Crippen LogP contribution in [0.3, 0.4) is 0 Å². The first-order chi connectivity index (χ1) is 9.72. The summed E-state index contributed by atoms with van der Waals surface area (Å²) in [4.78, 5) is 12.5. The monoisotopic (exact) mass is 288 g/mol. The lowest BCUT2D eigenvalue weighted by molar-refractivity contribution is -0.530. The van der Waals surface area contributed by atoms with Crippen molar-refractivity contribution in [2.45, 2.75) is 31.3 Å². The average molecular weight is 288 g/mol. The van der Waals surface area contributed by atoms with Crippen molar-refractivity contribution in [3.05, 3.63) is 62.3 Å². The summed E-state index contributed by atoms with van der Waals surface area (Å²) in [7, 11) is 0. The van der Waals surface area contributed by atoms with Gasteiger partial charge in [0, 0.05) is 15.5 Å². The predicted molar refractivity (Wildman–Crippen MR) is 80.9 cm³/mol. The molecule has 104 valence electrons. The van der Waals surface area contributed by atoms with Crippen LogP contribution in [0.2, 0.25) is 0 Å². The zero-order valence-electron chi connectivity index (χ0n) is 11.2. The molecule has 4 nitrogen and oxygen atoms in total. The van der Waals surface area contributed by atoms with Crippen LogP contribution < -0.4 is 5.32 Å². The SMILES string of the molecule is CC[C@@H]1c2ccccc2N[C@H](c2cccs2)[C@@H]1[N+](=O)[O-]. The van der Waals surface area contributed by atoms with E-state index in [0.29, 0.717) is 0 Å². The van der Waals surface area contributed by atoms with Crippen molar-refractivity contribution < 1.29 is 4.92 Å². The molecule has 20 heavy (non-hydrogen) atoms. The summed E-state index contributed by atoms with van der Waals surface area (Å²) < 4.78 is 0. The highest BCUT2D eigenvalue weighted by molar-refractivity contribution is 7.10. The molecule has 1 aromatic heterocycles. The molecule has 0 amide bonds. The number of fused-ring (bicyclic) bond motifs is 1. The molecule has 1 aliphatic heterocycles. The Balaban J connectivity index is 2.10. The zero-order chi connectivity index (χ0) is 14.1. The first kappa shape index (κ1) is 13.1. The molecule has 0 unspecified atom stereocenters. The summed E-state index contributed by atoms with van der Waals surface area (Å²) >= 11 is 1.57. The fraction of sp³-hybridized carbons (Fsp3) is 0.333. The van der Waals surface area contributed by atoms with Crippen LogP contribution in [0, 0.1) is 10.1 Å². The number of benzene rings is 1. The molecule has 0 aliphatic carbocycles. The Morgan fingerprint density at radius 2 is 2.10 bits per heavy atom. The van der Waals surface area contributed by atoms with Crippen LogP contribution in [0.25, 0.3) is 0 Å². The van der Waals surface area contributed by atoms with Gasteiger partial charge in [0.25, 0.3) is 0 Å². The summed E-state index contributed by atoms with van der Waals surface area (Å²) in [5.74, 6) is -0.0467. The largest absolute Gasteiger partial charge is 0.371 e. The summed E-state index contributed by atoms with van der Waals surface area (Å²) in [6, 6.07) is 11.0. The minimum atomic E-state index is -0.617. The third kappa shape index (κ3) is 2.08. The van der Waals surface area contributed by atoms with Gasteiger partial charge in [0.1, 0.15) is 6.04 Å². The fourth-order valence-corrected chi connectivity index (χ4v) is 3.88. The van der Waals surface area contributed by atoms with Crippen LogP contribution in [0.15, 0.2) is 41.8 Å². The second-order valence-corrected chi connectivity index (χ2v) is 5.99. The van der Waals surface area contributed by atoms with Gasteiger partial charge in [-0.2, -0.15) is 0 Å². The van der Waals surface area contributed by atoms with E-state index >= 15 is 0 Å². The quantitative estimate of drug-likeness (QED) is 0.684. The number of nitrogens with one attached hydrogen (secondary N) is 1. The van der Waals surface area contributed by atoms with Crippen molar-refractivity contribution in [2.75, 3.05) is 5.32 Å². The van der Waals surface area contributed by atoms with Crippen molar-refractivity contribution >= 4 is 17.0 Å². The van der Waals surface area contributed by atoms with Gasteiger partial charge in [-0.1, -0.05) is 31.2 Å². The molecule has 0 radical (unpaired) electrons. The molecule has 0 saturated carbocycles. The topological polar surface area (TPSA) is 55.2 Å². The lowest BCUT2D eigenvalue weighted by Crippen LogP contribution is -2.41. The summed E-state index contributed by atoms with van der Waals surface area (Å²) in [6.07, 6.45) is 0.770. The number of nitrogens with zero attached hydrogens (tertiary/aromatic N) is 1. The highest BCUT2D eigenvalue weighted by atomic mass is 32.1. The molecule has 1 aliphatic rings. The van der Waals surface area contributed by atoms with E-state index in [0.717, 1.165) is 22.5 Å². The molecule has 0 fully saturated rings. The maximum absolute atomic E-state index is 11.6.